The molecule has 6 nitrogen and oxygen atoms in total. The Morgan fingerprint density at radius 1 is 1.23 bits per heavy atom. The molecule has 0 spiro atoms. The minimum Gasteiger partial charge on any atom is -0.444 e. The van der Waals surface area contributed by atoms with E-state index in [-0.39, 0.29) is 17.9 Å². The molecule has 0 saturated heterocycles. The maximum atomic E-state index is 12.7. The van der Waals surface area contributed by atoms with Crippen LogP contribution in [0.5, 0.6) is 0 Å². The van der Waals surface area contributed by atoms with Crippen LogP contribution in [0.1, 0.15) is 58.2 Å². The van der Waals surface area contributed by atoms with Crippen molar-refractivity contribution in [1.29, 1.82) is 5.26 Å². The molecule has 2 unspecified atom stereocenters. The summed E-state index contributed by atoms with van der Waals surface area (Å²) in [7, 11) is 0. The first-order valence-electron chi connectivity index (χ1n) is 10.9. The van der Waals surface area contributed by atoms with Gasteiger partial charge in [-0.15, -0.1) is 0 Å². The Kier molecular flexibility index (Phi) is 7.89. The molecular weight excluding hydrogens is 378 g/mol. The fraction of sp³-hybridized carbons (Fsp3) is 0.625. The SMILES string of the molecule is CCN(CC)C(=O)C(C#N)C(C)Cc1ccc2c(c1)CN(C(=O)OC(C)(C)C)CC2. The summed E-state index contributed by atoms with van der Waals surface area (Å²) in [6.07, 6.45) is 1.15. The zero-order chi connectivity index (χ0) is 22.5. The average Bonchev–Trinajstić information content (AvgIpc) is 2.67. The molecule has 1 heterocycles. The number of nitrogens with zero attached hydrogens (tertiary/aromatic N) is 3. The molecule has 0 aromatic heterocycles. The van der Waals surface area contributed by atoms with Crippen molar-refractivity contribution in [2.45, 2.75) is 66.5 Å². The van der Waals surface area contributed by atoms with Crippen molar-refractivity contribution in [2.24, 2.45) is 11.8 Å². The van der Waals surface area contributed by atoms with E-state index in [1.54, 1.807) is 9.80 Å². The molecule has 30 heavy (non-hydrogen) atoms. The topological polar surface area (TPSA) is 73.6 Å². The summed E-state index contributed by atoms with van der Waals surface area (Å²) < 4.78 is 5.51. The van der Waals surface area contributed by atoms with Crippen molar-refractivity contribution in [3.63, 3.8) is 0 Å². The van der Waals surface area contributed by atoms with Crippen LogP contribution in [0.15, 0.2) is 18.2 Å². The van der Waals surface area contributed by atoms with Gasteiger partial charge in [0.25, 0.3) is 0 Å². The Morgan fingerprint density at radius 2 is 1.90 bits per heavy atom. The summed E-state index contributed by atoms with van der Waals surface area (Å²) >= 11 is 0. The zero-order valence-corrected chi connectivity index (χ0v) is 19.2. The Hall–Kier alpha value is -2.55. The molecule has 0 radical (unpaired) electrons. The lowest BCUT2D eigenvalue weighted by atomic mass is 9.86. The van der Waals surface area contributed by atoms with E-state index in [0.29, 0.717) is 32.6 Å². The fourth-order valence-corrected chi connectivity index (χ4v) is 3.87. The highest BCUT2D eigenvalue weighted by molar-refractivity contribution is 5.81. The molecule has 0 fully saturated rings. The summed E-state index contributed by atoms with van der Waals surface area (Å²) in [6.45, 7) is 13.8. The van der Waals surface area contributed by atoms with E-state index in [0.717, 1.165) is 17.5 Å². The first-order chi connectivity index (χ1) is 14.1. The molecule has 0 saturated carbocycles. The summed E-state index contributed by atoms with van der Waals surface area (Å²) in [4.78, 5) is 28.6. The summed E-state index contributed by atoms with van der Waals surface area (Å²) in [5.41, 5.74) is 2.92. The van der Waals surface area contributed by atoms with E-state index < -0.39 is 11.5 Å². The van der Waals surface area contributed by atoms with Gasteiger partial charge in [0.05, 0.1) is 6.07 Å². The van der Waals surface area contributed by atoms with Crippen LogP contribution >= 0.6 is 0 Å². The minimum atomic E-state index is -0.654. The van der Waals surface area contributed by atoms with Gasteiger partial charge in [-0.2, -0.15) is 5.26 Å². The van der Waals surface area contributed by atoms with Gasteiger partial charge < -0.3 is 14.5 Å². The van der Waals surface area contributed by atoms with Crippen LogP contribution < -0.4 is 0 Å². The Labute approximate surface area is 180 Å². The molecule has 0 N–H and O–H groups in total. The number of fused-ring (bicyclic) bond motifs is 1. The van der Waals surface area contributed by atoms with Gasteiger partial charge in [0, 0.05) is 26.2 Å². The van der Waals surface area contributed by atoms with E-state index in [1.807, 2.05) is 41.5 Å². The molecule has 1 aliphatic rings. The predicted octanol–water partition coefficient (Wildman–Crippen LogP) is 4.17. The second-order valence-electron chi connectivity index (χ2n) is 9.05. The smallest absolute Gasteiger partial charge is 0.410 e. The zero-order valence-electron chi connectivity index (χ0n) is 19.2. The number of carbonyl (C=O) groups excluding carboxylic acids is 2. The van der Waals surface area contributed by atoms with Crippen molar-refractivity contribution in [3.8, 4) is 6.07 Å². The number of hydrogen-bond donors (Lipinski definition) is 0. The standard InChI is InChI=1S/C24H35N3O3/c1-7-26(8-2)22(28)21(15-25)17(3)13-18-9-10-19-11-12-27(16-20(19)14-18)23(29)30-24(4,5)6/h9-10,14,17,21H,7-8,11-13,16H2,1-6H3. The molecule has 6 heteroatoms. The molecule has 1 aromatic carbocycles. The van der Waals surface area contributed by atoms with E-state index in [2.05, 4.69) is 24.3 Å². The second kappa shape index (κ2) is 9.97. The number of amides is 2. The monoisotopic (exact) mass is 413 g/mol. The van der Waals surface area contributed by atoms with Crippen molar-refractivity contribution in [2.75, 3.05) is 19.6 Å². The van der Waals surface area contributed by atoms with Crippen LogP contribution in [0.4, 0.5) is 4.79 Å². The van der Waals surface area contributed by atoms with Crippen molar-refractivity contribution < 1.29 is 14.3 Å². The fourth-order valence-electron chi connectivity index (χ4n) is 3.87. The summed E-state index contributed by atoms with van der Waals surface area (Å²) in [5.74, 6) is -0.838. The molecule has 0 bridgehead atoms. The lowest BCUT2D eigenvalue weighted by Crippen LogP contribution is -2.40. The third-order valence-electron chi connectivity index (χ3n) is 5.54. The van der Waals surface area contributed by atoms with Crippen LogP contribution in [0.2, 0.25) is 0 Å². The predicted molar refractivity (Wildman–Crippen MR) is 117 cm³/mol. The maximum Gasteiger partial charge on any atom is 0.410 e. The molecule has 0 aliphatic carbocycles. The van der Waals surface area contributed by atoms with Gasteiger partial charge in [-0.05, 0) is 70.1 Å². The number of rotatable bonds is 6. The molecule has 1 aliphatic heterocycles. The van der Waals surface area contributed by atoms with Crippen LogP contribution in [0, 0.1) is 23.2 Å². The van der Waals surface area contributed by atoms with Crippen molar-refractivity contribution in [3.05, 3.63) is 34.9 Å². The first kappa shape index (κ1) is 23.7. The first-order valence-corrected chi connectivity index (χ1v) is 10.9. The van der Waals surface area contributed by atoms with E-state index >= 15 is 0 Å². The van der Waals surface area contributed by atoms with Crippen LogP contribution in [-0.2, 0) is 28.9 Å². The summed E-state index contributed by atoms with van der Waals surface area (Å²) in [6, 6.07) is 8.51. The quantitative estimate of drug-likeness (QED) is 0.702. The van der Waals surface area contributed by atoms with Crippen molar-refractivity contribution in [1.82, 2.24) is 9.80 Å². The normalized spacial score (nSPS) is 15.6. The molecule has 164 valence electrons. The van der Waals surface area contributed by atoms with E-state index in [9.17, 15) is 14.9 Å². The molecule has 1 aromatic rings. The van der Waals surface area contributed by atoms with Gasteiger partial charge in [-0.3, -0.25) is 4.79 Å². The number of ether oxygens (including phenoxy) is 1. The van der Waals surface area contributed by atoms with E-state index in [4.69, 9.17) is 4.74 Å². The Bertz CT molecular complexity index is 803. The largest absolute Gasteiger partial charge is 0.444 e. The number of carbonyl (C=O) groups is 2. The van der Waals surface area contributed by atoms with Crippen molar-refractivity contribution >= 4 is 12.0 Å². The van der Waals surface area contributed by atoms with Gasteiger partial charge in [-0.25, -0.2) is 4.79 Å². The Morgan fingerprint density at radius 3 is 2.47 bits per heavy atom. The highest BCUT2D eigenvalue weighted by atomic mass is 16.6. The number of hydrogen-bond acceptors (Lipinski definition) is 4. The molecule has 2 rings (SSSR count). The van der Waals surface area contributed by atoms with Gasteiger partial charge in [0.1, 0.15) is 11.5 Å². The third kappa shape index (κ3) is 5.98. The number of nitriles is 1. The highest BCUT2D eigenvalue weighted by Gasteiger charge is 2.29. The molecule has 2 atom stereocenters. The molecular formula is C24H35N3O3. The third-order valence-corrected chi connectivity index (χ3v) is 5.54. The van der Waals surface area contributed by atoms with Gasteiger partial charge in [0.15, 0.2) is 0 Å². The Balaban J connectivity index is 2.11. The lowest BCUT2D eigenvalue weighted by Gasteiger charge is -2.31. The number of benzene rings is 1. The maximum absolute atomic E-state index is 12.7. The van der Waals surface area contributed by atoms with Crippen LogP contribution in [0.3, 0.4) is 0 Å². The van der Waals surface area contributed by atoms with Gasteiger partial charge >= 0.3 is 6.09 Å². The molecule has 2 amide bonds. The van der Waals surface area contributed by atoms with Crippen LogP contribution in [0.25, 0.3) is 0 Å². The summed E-state index contributed by atoms with van der Waals surface area (Å²) in [5, 5.41) is 9.61. The van der Waals surface area contributed by atoms with E-state index in [1.165, 1.54) is 5.56 Å². The lowest BCUT2D eigenvalue weighted by molar-refractivity contribution is -0.134. The highest BCUT2D eigenvalue weighted by Crippen LogP contribution is 2.25. The van der Waals surface area contributed by atoms with Gasteiger partial charge in [0.2, 0.25) is 5.91 Å². The van der Waals surface area contributed by atoms with Crippen LogP contribution in [-0.4, -0.2) is 47.0 Å². The average molecular weight is 414 g/mol. The van der Waals surface area contributed by atoms with Gasteiger partial charge in [-0.1, -0.05) is 25.1 Å². The second-order valence-corrected chi connectivity index (χ2v) is 9.05. The minimum absolute atomic E-state index is 0.0910.